The second-order valence-corrected chi connectivity index (χ2v) is 31.3. The number of fused-ring (bicyclic) bond motifs is 15. The number of aryl methyl sites for hydroxylation is 10. The number of methoxy groups -OCH3 is 2. The second-order valence-electron chi connectivity index (χ2n) is 30.0. The third kappa shape index (κ3) is 20.1. The summed E-state index contributed by atoms with van der Waals surface area (Å²) in [5, 5.41) is 63.0. The second kappa shape index (κ2) is 41.5. The third-order valence-electron chi connectivity index (χ3n) is 20.9. The van der Waals surface area contributed by atoms with Crippen molar-refractivity contribution in [2.45, 2.75) is 146 Å². The highest BCUT2D eigenvalue weighted by atomic mass is 35.5. The Kier molecular flexibility index (Phi) is 31.2. The van der Waals surface area contributed by atoms with Crippen LogP contribution in [0.3, 0.4) is 0 Å². The first-order valence-corrected chi connectivity index (χ1v) is 41.6. The van der Waals surface area contributed by atoms with Gasteiger partial charge in [0.05, 0.1) is 79.1 Å². The highest BCUT2D eigenvalue weighted by Crippen LogP contribution is 2.31. The Morgan fingerprint density at radius 1 is 0.385 bits per heavy atom. The molecule has 27 nitrogen and oxygen atoms in total. The monoisotopic (exact) mass is 1650 g/mol. The van der Waals surface area contributed by atoms with Gasteiger partial charge in [0.25, 0.3) is 27.8 Å². The lowest BCUT2D eigenvalue weighted by molar-refractivity contribution is 0.201. The molecule has 0 aliphatic heterocycles. The fourth-order valence-corrected chi connectivity index (χ4v) is 15.6. The van der Waals surface area contributed by atoms with Crippen LogP contribution < -0.4 is 54.4 Å². The van der Waals surface area contributed by atoms with E-state index >= 15 is 0 Å². The van der Waals surface area contributed by atoms with E-state index in [2.05, 4.69) is 137 Å². The minimum Gasteiger partial charge on any atom is -0.384 e. The molecule has 0 aliphatic rings. The normalized spacial score (nSPS) is 11.7. The largest absolute Gasteiger partial charge is 0.384 e. The Balaban J connectivity index is 0.000000144. The fourth-order valence-electron chi connectivity index (χ4n) is 15.1. The molecule has 0 amide bonds. The van der Waals surface area contributed by atoms with Crippen LogP contribution in [0.4, 0.5) is 0 Å². The molecule has 0 saturated carbocycles. The molecule has 0 bridgehead atoms. The number of hydrogen-bond acceptors (Lipinski definition) is 17. The summed E-state index contributed by atoms with van der Waals surface area (Å²) in [7, 11) is 7.13. The molecule has 0 saturated heterocycles. The van der Waals surface area contributed by atoms with Crippen LogP contribution in [-0.4, -0.2) is 168 Å². The highest BCUT2D eigenvalue weighted by molar-refractivity contribution is 6.32. The van der Waals surface area contributed by atoms with Crippen molar-refractivity contribution in [3.63, 3.8) is 0 Å². The van der Waals surface area contributed by atoms with E-state index in [0.29, 0.717) is 123 Å². The first-order valence-electron chi connectivity index (χ1n) is 40.5. The van der Waals surface area contributed by atoms with E-state index < -0.39 is 0 Å². The number of pyridine rings is 5. The zero-order valence-corrected chi connectivity index (χ0v) is 71.7. The van der Waals surface area contributed by atoms with Crippen LogP contribution in [0, 0.1) is 40.5 Å². The lowest BCUT2D eigenvalue weighted by Crippen LogP contribution is -2.25. The first-order chi connectivity index (χ1) is 56.6. The van der Waals surface area contributed by atoms with Crippen LogP contribution in [0.5, 0.6) is 0 Å². The van der Waals surface area contributed by atoms with E-state index in [9.17, 15) is 24.0 Å². The Morgan fingerprint density at radius 3 is 1.01 bits per heavy atom. The fraction of sp³-hybridized carbons (Fsp3) is 0.425. The Morgan fingerprint density at radius 2 is 0.684 bits per heavy atom. The lowest BCUT2D eigenvalue weighted by Gasteiger charge is -2.13. The number of halogens is 3. The van der Waals surface area contributed by atoms with Gasteiger partial charge in [0.1, 0.15) is 27.6 Å². The van der Waals surface area contributed by atoms with Crippen LogP contribution in [0.1, 0.15) is 106 Å². The highest BCUT2D eigenvalue weighted by Gasteiger charge is 2.23. The van der Waals surface area contributed by atoms with Crippen LogP contribution in [-0.2, 0) is 55.0 Å². The summed E-state index contributed by atoms with van der Waals surface area (Å²) < 4.78 is 19.5. The minimum atomic E-state index is -0.0178. The summed E-state index contributed by atoms with van der Waals surface area (Å²) in [6.45, 7) is 30.2. The van der Waals surface area contributed by atoms with E-state index in [1.807, 2.05) is 130 Å². The molecule has 0 atom stereocenters. The van der Waals surface area contributed by atoms with Crippen molar-refractivity contribution in [1.82, 2.24) is 100 Å². The molecule has 5 aromatic carbocycles. The van der Waals surface area contributed by atoms with Crippen LogP contribution in [0.15, 0.2) is 115 Å². The third-order valence-corrected chi connectivity index (χ3v) is 21.6. The van der Waals surface area contributed by atoms with Crippen molar-refractivity contribution in [2.24, 2.45) is 5.92 Å². The molecule has 30 heteroatoms. The molecule has 0 fully saturated rings. The molecular weight excluding hydrogens is 1540 g/mol. The number of hydrogen-bond donors (Lipinski definition) is 10. The van der Waals surface area contributed by atoms with E-state index in [1.165, 1.54) is 5.56 Å². The van der Waals surface area contributed by atoms with Crippen LogP contribution in [0.25, 0.3) is 109 Å². The zero-order valence-electron chi connectivity index (χ0n) is 69.5. The molecule has 0 unspecified atom stereocenters. The van der Waals surface area contributed by atoms with Gasteiger partial charge in [-0.05, 0) is 224 Å². The van der Waals surface area contributed by atoms with Gasteiger partial charge in [-0.1, -0.05) is 85.8 Å². The molecular formula is C87H111Cl3N20O7. The van der Waals surface area contributed by atoms with Crippen molar-refractivity contribution in [1.29, 1.82) is 0 Å². The molecule has 10 heterocycles. The number of nitrogens with zero attached hydrogens (tertiary/aromatic N) is 10. The van der Waals surface area contributed by atoms with Gasteiger partial charge in [-0.3, -0.25) is 49.5 Å². The van der Waals surface area contributed by atoms with Gasteiger partial charge in [0.15, 0.2) is 0 Å². The predicted octanol–water partition coefficient (Wildman–Crippen LogP) is 13.5. The quantitative estimate of drug-likeness (QED) is 0.0180. The van der Waals surface area contributed by atoms with Crippen molar-refractivity contribution < 1.29 is 9.47 Å². The molecule has 0 spiro atoms. The Hall–Kier alpha value is -9.91. The predicted molar refractivity (Wildman–Crippen MR) is 480 cm³/mol. The van der Waals surface area contributed by atoms with Crippen LogP contribution in [0.2, 0.25) is 15.1 Å². The molecule has 15 aromatic rings. The van der Waals surface area contributed by atoms with Crippen molar-refractivity contribution >= 4 is 144 Å². The number of benzene rings is 5. The molecule has 622 valence electrons. The standard InChI is InChI=1S/C19H26N4O.C18H24N4O2.C17H21ClN4O2.C17H21ClN4O.C16H19ClN4O/c1-12(2)11-20-8-5-9-23-16-7-6-13(3)10-15(16)18-17(19(23)24)14(4)21-22-18;1-12-5-6-15-13(11-12)17-16(14(20-21-17)7-10-24-3)18(23)22(15)9-4-8-19-2;1-19-7-3-8-22-14-5-4-11(18)10-12(14)16-15(17(22)23)13(20-21-16)6-9-24-2;1-3-7-19-8-4-9-22-14-6-5-12(18)10-13(14)16-15(17(22)23)11(2)20-21-16;1-3-18-7-4-8-21-13-6-5-11(17)9-12(13)15-14(16(21)22)10(2)19-20-15/h6-7,10,12,20H,5,8-9,11H2,1-4H3,(H,21,22);5-6,11,19H,4,7-10H2,1-3H3,(H,20,21);4-5,10,19H,3,6-9H2,1-2H3,(H,20,21);5-6,10,19H,3-4,7-9H2,1-2H3,(H,20,21);5-6,9,18H,3-4,7-8H2,1-2H3,(H,19,20). The van der Waals surface area contributed by atoms with E-state index in [1.54, 1.807) is 14.2 Å². The molecule has 10 N–H and O–H groups in total. The lowest BCUT2D eigenvalue weighted by atomic mass is 10.1. The maximum atomic E-state index is 13.1. The SMILES string of the molecule is CCCNCCCn1c(=O)c2c(C)[nH]nc2c2cc(Cl)ccc21.CCNCCCn1c(=O)c2c(C)[nH]nc2c2cc(Cl)ccc21.CNCCCn1c(=O)c2c(CCOC)[nH]nc2c2cc(C)ccc21.CNCCCn1c(=O)c2c(CCOC)[nH]nc2c2cc(Cl)ccc21.Cc1ccc2c(c1)c1n[nH]c(C)c1c(=O)n2CCCNCC(C)C. The van der Waals surface area contributed by atoms with Gasteiger partial charge < -0.3 is 58.9 Å². The average molecular weight is 1660 g/mol. The number of H-pyrrole nitrogens is 5. The summed E-state index contributed by atoms with van der Waals surface area (Å²) >= 11 is 18.4. The Bertz CT molecular complexity index is 6130. The number of aromatic nitrogens is 15. The molecule has 15 rings (SSSR count). The molecule has 10 aromatic heterocycles. The summed E-state index contributed by atoms with van der Waals surface area (Å²) in [5.41, 5.74) is 14.6. The van der Waals surface area contributed by atoms with Gasteiger partial charge >= 0.3 is 0 Å². The van der Waals surface area contributed by atoms with Gasteiger partial charge in [0.2, 0.25) is 0 Å². The topological polar surface area (TPSA) is 332 Å². The van der Waals surface area contributed by atoms with Gasteiger partial charge in [-0.25, -0.2) is 0 Å². The first kappa shape index (κ1) is 87.9. The van der Waals surface area contributed by atoms with Gasteiger partial charge in [0, 0.05) is 119 Å². The number of nitrogens with one attached hydrogen (secondary N) is 10. The Labute approximate surface area is 693 Å². The van der Waals surface area contributed by atoms with Gasteiger partial charge in [-0.2, -0.15) is 25.5 Å². The summed E-state index contributed by atoms with van der Waals surface area (Å²) in [6, 6.07) is 29.1. The molecule has 0 radical (unpaired) electrons. The number of rotatable bonds is 31. The smallest absolute Gasteiger partial charge is 0.262 e. The number of ether oxygens (including phenoxy) is 2. The van der Waals surface area contributed by atoms with E-state index in [0.717, 1.165) is 190 Å². The van der Waals surface area contributed by atoms with E-state index in [4.69, 9.17) is 44.3 Å². The van der Waals surface area contributed by atoms with Crippen molar-refractivity contribution in [3.05, 3.63) is 197 Å². The summed E-state index contributed by atoms with van der Waals surface area (Å²) in [4.78, 5) is 64.8. The number of aromatic amines is 5. The maximum Gasteiger partial charge on any atom is 0.262 e. The van der Waals surface area contributed by atoms with Crippen molar-refractivity contribution in [3.8, 4) is 0 Å². The summed E-state index contributed by atoms with van der Waals surface area (Å²) in [6.07, 6.45) is 6.87. The molecule has 117 heavy (non-hydrogen) atoms. The van der Waals surface area contributed by atoms with E-state index in [-0.39, 0.29) is 27.8 Å². The zero-order chi connectivity index (χ0) is 83.6. The van der Waals surface area contributed by atoms with Crippen molar-refractivity contribution in [2.75, 3.05) is 93.9 Å². The summed E-state index contributed by atoms with van der Waals surface area (Å²) in [5.74, 6) is 0.640. The average Bonchev–Trinajstić information content (AvgIpc) is 1.73. The van der Waals surface area contributed by atoms with Crippen LogP contribution >= 0.6 is 34.8 Å². The minimum absolute atomic E-state index is 0.00701. The van der Waals surface area contributed by atoms with Gasteiger partial charge in [-0.15, -0.1) is 0 Å². The maximum absolute atomic E-state index is 13.1. The molecule has 0 aliphatic carbocycles.